The Bertz CT molecular complexity index is 1410. The summed E-state index contributed by atoms with van der Waals surface area (Å²) in [6.45, 7) is 0.703. The minimum atomic E-state index is -1.43. The first-order valence-electron chi connectivity index (χ1n) is 11.6. The van der Waals surface area contributed by atoms with Crippen molar-refractivity contribution in [3.8, 4) is 0 Å². The lowest BCUT2D eigenvalue weighted by Crippen LogP contribution is -2.62. The van der Waals surface area contributed by atoms with E-state index in [4.69, 9.17) is 12.2 Å². The lowest BCUT2D eigenvalue weighted by atomic mass is 9.72. The van der Waals surface area contributed by atoms with Crippen LogP contribution in [0.25, 0.3) is 0 Å². The van der Waals surface area contributed by atoms with Crippen LogP contribution in [-0.2, 0) is 21.7 Å². The molecule has 0 unspecified atom stereocenters. The maximum absolute atomic E-state index is 14.7. The van der Waals surface area contributed by atoms with Crippen molar-refractivity contribution in [1.82, 2.24) is 14.8 Å². The van der Waals surface area contributed by atoms with E-state index in [2.05, 4.69) is 4.98 Å². The van der Waals surface area contributed by atoms with E-state index in [1.165, 1.54) is 28.8 Å². The molecule has 2 spiro atoms. The van der Waals surface area contributed by atoms with Gasteiger partial charge in [0.25, 0.3) is 5.91 Å². The van der Waals surface area contributed by atoms with Crippen molar-refractivity contribution in [1.29, 1.82) is 0 Å². The van der Waals surface area contributed by atoms with Gasteiger partial charge in [-0.3, -0.25) is 24.4 Å². The quantitative estimate of drug-likeness (QED) is 0.490. The second kappa shape index (κ2) is 8.19. The van der Waals surface area contributed by atoms with Crippen molar-refractivity contribution < 1.29 is 14.0 Å². The molecule has 2 aromatic carbocycles. The standard InChI is InChI=1S/C27H23FN4O2S2/c1-30-16-21(18-9-6-12-29-14-18)27(24(34)32(25(35)36-27)15-17-7-4-3-5-8-17)26(30)20-13-19(28)10-11-22(20)31(2)23(26)33/h3-14,21H,15-16H2,1-2H3/t21-,26-,27+/m1/s1. The molecule has 2 saturated heterocycles. The maximum Gasteiger partial charge on any atom is 0.254 e. The highest BCUT2D eigenvalue weighted by atomic mass is 32.2. The molecule has 2 fully saturated rings. The Kier molecular flexibility index (Phi) is 5.30. The number of carbonyl (C=O) groups is 2. The van der Waals surface area contributed by atoms with E-state index >= 15 is 0 Å². The second-order valence-electron chi connectivity index (χ2n) is 9.44. The van der Waals surface area contributed by atoms with Crippen LogP contribution in [-0.4, -0.2) is 56.3 Å². The number of benzene rings is 2. The molecule has 3 aliphatic heterocycles. The minimum Gasteiger partial charge on any atom is -0.313 e. The van der Waals surface area contributed by atoms with Crippen LogP contribution < -0.4 is 4.90 Å². The van der Waals surface area contributed by atoms with Gasteiger partial charge in [-0.05, 0) is 42.4 Å². The van der Waals surface area contributed by atoms with Gasteiger partial charge in [0.1, 0.15) is 14.9 Å². The van der Waals surface area contributed by atoms with E-state index in [0.29, 0.717) is 28.7 Å². The smallest absolute Gasteiger partial charge is 0.254 e. The molecule has 0 aliphatic carbocycles. The molecule has 0 saturated carbocycles. The third kappa shape index (κ3) is 2.87. The summed E-state index contributed by atoms with van der Waals surface area (Å²) in [7, 11) is 3.51. The number of aromatic nitrogens is 1. The van der Waals surface area contributed by atoms with Gasteiger partial charge in [0.15, 0.2) is 5.54 Å². The molecule has 3 aromatic rings. The highest BCUT2D eigenvalue weighted by molar-refractivity contribution is 8.25. The highest BCUT2D eigenvalue weighted by Crippen LogP contribution is 2.66. The molecule has 3 aliphatic rings. The zero-order valence-corrected chi connectivity index (χ0v) is 21.4. The van der Waals surface area contributed by atoms with Crippen molar-refractivity contribution in [3.63, 3.8) is 0 Å². The third-order valence-electron chi connectivity index (χ3n) is 7.68. The molecule has 2 amide bonds. The number of likely N-dealkylation sites (N-methyl/N-ethyl adjacent to an activating group) is 2. The van der Waals surface area contributed by atoms with Crippen LogP contribution in [0.1, 0.15) is 22.6 Å². The van der Waals surface area contributed by atoms with Gasteiger partial charge in [-0.15, -0.1) is 0 Å². The fourth-order valence-electron chi connectivity index (χ4n) is 6.15. The van der Waals surface area contributed by atoms with E-state index in [1.54, 1.807) is 30.4 Å². The zero-order chi connectivity index (χ0) is 25.2. The van der Waals surface area contributed by atoms with Crippen molar-refractivity contribution in [2.45, 2.75) is 22.7 Å². The van der Waals surface area contributed by atoms with Crippen LogP contribution >= 0.6 is 24.0 Å². The van der Waals surface area contributed by atoms with Crippen molar-refractivity contribution in [3.05, 3.63) is 95.6 Å². The Morgan fingerprint density at radius 3 is 2.58 bits per heavy atom. The summed E-state index contributed by atoms with van der Waals surface area (Å²) < 4.78 is 13.8. The van der Waals surface area contributed by atoms with Crippen LogP contribution in [0.4, 0.5) is 10.1 Å². The van der Waals surface area contributed by atoms with E-state index < -0.39 is 22.0 Å². The van der Waals surface area contributed by atoms with Crippen LogP contribution in [0.5, 0.6) is 0 Å². The van der Waals surface area contributed by atoms with Crippen LogP contribution in [0.3, 0.4) is 0 Å². The van der Waals surface area contributed by atoms with Crippen LogP contribution in [0.15, 0.2) is 73.1 Å². The molecule has 4 heterocycles. The number of hydrogen-bond donors (Lipinski definition) is 0. The van der Waals surface area contributed by atoms with Gasteiger partial charge >= 0.3 is 0 Å². The number of halogens is 1. The van der Waals surface area contributed by atoms with E-state index in [1.807, 2.05) is 54.4 Å². The first-order chi connectivity index (χ1) is 17.3. The number of thioether (sulfide) groups is 1. The van der Waals surface area contributed by atoms with Crippen LogP contribution in [0, 0.1) is 5.82 Å². The Morgan fingerprint density at radius 2 is 1.86 bits per heavy atom. The zero-order valence-electron chi connectivity index (χ0n) is 19.7. The number of pyridine rings is 1. The second-order valence-corrected chi connectivity index (χ2v) is 11.3. The molecule has 0 radical (unpaired) electrons. The molecule has 0 bridgehead atoms. The monoisotopic (exact) mass is 518 g/mol. The molecule has 36 heavy (non-hydrogen) atoms. The molecular weight excluding hydrogens is 495 g/mol. The molecule has 182 valence electrons. The summed E-state index contributed by atoms with van der Waals surface area (Å²) in [5.74, 6) is -1.36. The molecule has 9 heteroatoms. The average Bonchev–Trinajstić information content (AvgIpc) is 3.38. The van der Waals surface area contributed by atoms with Gasteiger partial charge in [-0.1, -0.05) is 60.4 Å². The number of rotatable bonds is 3. The first-order valence-corrected chi connectivity index (χ1v) is 12.8. The topological polar surface area (TPSA) is 56.8 Å². The molecule has 6 nitrogen and oxygen atoms in total. The van der Waals surface area contributed by atoms with Gasteiger partial charge < -0.3 is 4.90 Å². The third-order valence-corrected chi connectivity index (χ3v) is 9.62. The fourth-order valence-corrected chi connectivity index (χ4v) is 8.28. The Labute approximate surface area is 218 Å². The normalized spacial score (nSPS) is 27.6. The summed E-state index contributed by atoms with van der Waals surface area (Å²) >= 11 is 7.07. The number of fused-ring (bicyclic) bond motifs is 3. The molecule has 6 rings (SSSR count). The number of likely N-dealkylation sites (tertiary alicyclic amines) is 1. The van der Waals surface area contributed by atoms with Gasteiger partial charge in [0, 0.05) is 43.2 Å². The van der Waals surface area contributed by atoms with E-state index in [9.17, 15) is 14.0 Å². The largest absolute Gasteiger partial charge is 0.313 e. The van der Waals surface area contributed by atoms with Crippen molar-refractivity contribution >= 4 is 45.8 Å². The number of amides is 2. The average molecular weight is 519 g/mol. The number of carbonyl (C=O) groups excluding carboxylic acids is 2. The van der Waals surface area contributed by atoms with E-state index in [0.717, 1.165) is 11.1 Å². The molecule has 3 atom stereocenters. The predicted molar refractivity (Wildman–Crippen MR) is 141 cm³/mol. The maximum atomic E-state index is 14.7. The van der Waals surface area contributed by atoms with Gasteiger partial charge in [-0.25, -0.2) is 4.39 Å². The molecular formula is C27H23FN4O2S2. The summed E-state index contributed by atoms with van der Waals surface area (Å²) in [5, 5.41) is 0. The van der Waals surface area contributed by atoms with E-state index in [-0.39, 0.29) is 11.8 Å². The SMILES string of the molecule is CN1C(=O)[C@@]2(c3cc(F)ccc31)N(C)C[C@H](c1cccnc1)[C@@]21SC(=S)N(Cc2ccccc2)C1=O. The highest BCUT2D eigenvalue weighted by Gasteiger charge is 2.78. The lowest BCUT2D eigenvalue weighted by molar-refractivity contribution is -0.139. The number of nitrogens with zero attached hydrogens (tertiary/aromatic N) is 4. The Balaban J connectivity index is 1.60. The summed E-state index contributed by atoms with van der Waals surface area (Å²) in [4.78, 5) is 38.3. The summed E-state index contributed by atoms with van der Waals surface area (Å²) in [6, 6.07) is 17.8. The van der Waals surface area contributed by atoms with Gasteiger partial charge in [0.05, 0.1) is 6.54 Å². The number of anilines is 1. The van der Waals surface area contributed by atoms with Crippen LogP contribution in [0.2, 0.25) is 0 Å². The van der Waals surface area contributed by atoms with Crippen molar-refractivity contribution in [2.75, 3.05) is 25.5 Å². The number of thiocarbonyl (C=S) groups is 1. The lowest BCUT2D eigenvalue weighted by Gasteiger charge is -2.42. The van der Waals surface area contributed by atoms with Crippen molar-refractivity contribution in [2.24, 2.45) is 0 Å². The summed E-state index contributed by atoms with van der Waals surface area (Å²) in [5.41, 5.74) is 1.43. The minimum absolute atomic E-state index is 0.238. The van der Waals surface area contributed by atoms with Gasteiger partial charge in [-0.2, -0.15) is 0 Å². The molecule has 0 N–H and O–H groups in total. The number of hydrogen-bond acceptors (Lipinski definition) is 6. The fraction of sp³-hybridized carbons (Fsp3) is 0.259. The first kappa shape index (κ1) is 23.3. The Morgan fingerprint density at radius 1 is 1.08 bits per heavy atom. The summed E-state index contributed by atoms with van der Waals surface area (Å²) in [6.07, 6.45) is 3.42. The predicted octanol–water partition coefficient (Wildman–Crippen LogP) is 3.92. The Hall–Kier alpha value is -3.14. The van der Waals surface area contributed by atoms with Gasteiger partial charge in [0.2, 0.25) is 5.91 Å². The molecule has 1 aromatic heterocycles.